The zero-order valence-electron chi connectivity index (χ0n) is 17.0. The van der Waals surface area contributed by atoms with Gasteiger partial charge in [-0.3, -0.25) is 4.79 Å². The molecule has 0 amide bonds. The minimum Gasteiger partial charge on any atom is -0.295 e. The number of ketones is 1. The Kier molecular flexibility index (Phi) is 8.39. The van der Waals surface area contributed by atoms with Crippen molar-refractivity contribution < 1.29 is 4.79 Å². The van der Waals surface area contributed by atoms with E-state index in [4.69, 9.17) is 0 Å². The topological polar surface area (TPSA) is 17.1 Å². The molecule has 1 aromatic carbocycles. The summed E-state index contributed by atoms with van der Waals surface area (Å²) in [5.74, 6) is 3.71. The van der Waals surface area contributed by atoms with Gasteiger partial charge in [-0.05, 0) is 28.3 Å². The fourth-order valence-corrected chi connectivity index (χ4v) is 9.22. The standard InChI is InChI=1S/C23H34OSi/c1-18(2)25(19(3)4,20(5)6)16-15-21(7)17-23(24)14-13-22-11-9-8-10-12-22/h8-14,18-21H,17H2,1-7H3/b14-13+/t21-/m1/s1. The first-order valence-corrected chi connectivity index (χ1v) is 11.7. The second-order valence-electron chi connectivity index (χ2n) is 7.98. The molecule has 0 aliphatic carbocycles. The molecule has 0 heterocycles. The van der Waals surface area contributed by atoms with Crippen molar-refractivity contribution in [1.82, 2.24) is 0 Å². The second-order valence-corrected chi connectivity index (χ2v) is 13.6. The van der Waals surface area contributed by atoms with E-state index in [2.05, 4.69) is 59.9 Å². The van der Waals surface area contributed by atoms with Gasteiger partial charge in [-0.2, -0.15) is 0 Å². The SMILES string of the molecule is CC(C)[Si](C#C[C@@H](C)CC(=O)/C=C/c1ccccc1)(C(C)C)C(C)C. The molecule has 0 aliphatic rings. The van der Waals surface area contributed by atoms with Crippen LogP contribution in [-0.2, 0) is 4.79 Å². The first-order valence-electron chi connectivity index (χ1n) is 9.48. The van der Waals surface area contributed by atoms with Gasteiger partial charge < -0.3 is 0 Å². The number of rotatable bonds is 7. The van der Waals surface area contributed by atoms with Gasteiger partial charge in [0.2, 0.25) is 0 Å². The van der Waals surface area contributed by atoms with Crippen LogP contribution in [0, 0.1) is 17.4 Å². The largest absolute Gasteiger partial charge is 0.295 e. The van der Waals surface area contributed by atoms with Crippen LogP contribution in [0.25, 0.3) is 6.08 Å². The molecule has 0 aliphatic heterocycles. The molecule has 1 nitrogen and oxygen atoms in total. The molecule has 25 heavy (non-hydrogen) atoms. The predicted molar refractivity (Wildman–Crippen MR) is 113 cm³/mol. The summed E-state index contributed by atoms with van der Waals surface area (Å²) in [4.78, 5) is 12.2. The Labute approximate surface area is 155 Å². The summed E-state index contributed by atoms with van der Waals surface area (Å²) in [5, 5.41) is 0. The lowest BCUT2D eigenvalue weighted by atomic mass is 10.1. The summed E-state index contributed by atoms with van der Waals surface area (Å²) in [6, 6.07) is 9.94. The molecular formula is C23H34OSi. The van der Waals surface area contributed by atoms with Crippen LogP contribution in [0.1, 0.15) is 60.5 Å². The Hall–Kier alpha value is -1.59. The minimum atomic E-state index is -1.70. The number of hydrogen-bond acceptors (Lipinski definition) is 1. The van der Waals surface area contributed by atoms with E-state index in [-0.39, 0.29) is 11.7 Å². The van der Waals surface area contributed by atoms with E-state index in [1.807, 2.05) is 36.4 Å². The fraction of sp³-hybridized carbons (Fsp3) is 0.522. The Morgan fingerprint density at radius 1 is 0.960 bits per heavy atom. The van der Waals surface area contributed by atoms with Crippen molar-refractivity contribution in [1.29, 1.82) is 0 Å². The third-order valence-corrected chi connectivity index (χ3v) is 11.5. The van der Waals surface area contributed by atoms with E-state index in [9.17, 15) is 4.79 Å². The van der Waals surface area contributed by atoms with Crippen LogP contribution in [0.4, 0.5) is 0 Å². The third kappa shape index (κ3) is 6.01. The van der Waals surface area contributed by atoms with E-state index in [1.165, 1.54) is 0 Å². The molecule has 0 aromatic heterocycles. The molecule has 1 rings (SSSR count). The summed E-state index contributed by atoms with van der Waals surface area (Å²) in [6.45, 7) is 16.0. The lowest BCUT2D eigenvalue weighted by Gasteiger charge is -2.38. The Morgan fingerprint density at radius 2 is 1.48 bits per heavy atom. The zero-order chi connectivity index (χ0) is 19.0. The summed E-state index contributed by atoms with van der Waals surface area (Å²) < 4.78 is 0. The van der Waals surface area contributed by atoms with Gasteiger partial charge in [-0.25, -0.2) is 0 Å². The maximum atomic E-state index is 12.2. The Balaban J connectivity index is 2.81. The first-order chi connectivity index (χ1) is 11.7. The number of carbonyl (C=O) groups is 1. The van der Waals surface area contributed by atoms with Crippen molar-refractivity contribution >= 4 is 19.9 Å². The van der Waals surface area contributed by atoms with Crippen LogP contribution in [0.5, 0.6) is 0 Å². The zero-order valence-corrected chi connectivity index (χ0v) is 18.0. The van der Waals surface area contributed by atoms with Gasteiger partial charge in [0.15, 0.2) is 5.78 Å². The van der Waals surface area contributed by atoms with Gasteiger partial charge in [-0.1, -0.05) is 84.9 Å². The Morgan fingerprint density at radius 3 is 1.96 bits per heavy atom. The highest BCUT2D eigenvalue weighted by Gasteiger charge is 2.41. The number of carbonyl (C=O) groups excluding carboxylic acids is 1. The van der Waals surface area contributed by atoms with Crippen molar-refractivity contribution in [3.8, 4) is 11.5 Å². The number of benzene rings is 1. The van der Waals surface area contributed by atoms with Crippen LogP contribution >= 0.6 is 0 Å². The molecule has 1 atom stereocenters. The average molecular weight is 355 g/mol. The van der Waals surface area contributed by atoms with E-state index < -0.39 is 8.07 Å². The summed E-state index contributed by atoms with van der Waals surface area (Å²) in [5.41, 5.74) is 6.66. The molecule has 0 N–H and O–H groups in total. The van der Waals surface area contributed by atoms with Crippen molar-refractivity contribution in [2.24, 2.45) is 5.92 Å². The van der Waals surface area contributed by atoms with Crippen LogP contribution < -0.4 is 0 Å². The lowest BCUT2D eigenvalue weighted by molar-refractivity contribution is -0.114. The van der Waals surface area contributed by atoms with E-state index in [1.54, 1.807) is 6.08 Å². The molecule has 0 unspecified atom stereocenters. The van der Waals surface area contributed by atoms with Gasteiger partial charge in [0, 0.05) is 12.3 Å². The highest BCUT2D eigenvalue weighted by atomic mass is 28.3. The van der Waals surface area contributed by atoms with Crippen LogP contribution in [0.15, 0.2) is 36.4 Å². The molecule has 0 saturated heterocycles. The maximum absolute atomic E-state index is 12.2. The highest BCUT2D eigenvalue weighted by molar-refractivity contribution is 6.90. The molecule has 0 spiro atoms. The molecule has 0 bridgehead atoms. The minimum absolute atomic E-state index is 0.107. The van der Waals surface area contributed by atoms with Crippen LogP contribution in [0.2, 0.25) is 16.6 Å². The van der Waals surface area contributed by atoms with Crippen molar-refractivity contribution in [3.05, 3.63) is 42.0 Å². The lowest BCUT2D eigenvalue weighted by Crippen LogP contribution is -2.43. The number of allylic oxidation sites excluding steroid dienone is 1. The molecule has 0 saturated carbocycles. The third-order valence-electron chi connectivity index (χ3n) is 5.17. The highest BCUT2D eigenvalue weighted by Crippen LogP contribution is 2.40. The average Bonchev–Trinajstić information content (AvgIpc) is 2.53. The van der Waals surface area contributed by atoms with Crippen LogP contribution in [-0.4, -0.2) is 13.9 Å². The van der Waals surface area contributed by atoms with Gasteiger partial charge in [0.25, 0.3) is 0 Å². The van der Waals surface area contributed by atoms with E-state index in [0.717, 1.165) is 5.56 Å². The molecule has 1 aromatic rings. The monoisotopic (exact) mass is 354 g/mol. The van der Waals surface area contributed by atoms with E-state index >= 15 is 0 Å². The van der Waals surface area contributed by atoms with Gasteiger partial charge >= 0.3 is 0 Å². The van der Waals surface area contributed by atoms with Gasteiger partial charge in [0.05, 0.1) is 0 Å². The molecule has 0 fully saturated rings. The summed E-state index contributed by atoms with van der Waals surface area (Å²) in [7, 11) is -1.70. The number of hydrogen-bond donors (Lipinski definition) is 0. The van der Waals surface area contributed by atoms with Crippen LogP contribution in [0.3, 0.4) is 0 Å². The summed E-state index contributed by atoms with van der Waals surface area (Å²) >= 11 is 0. The van der Waals surface area contributed by atoms with E-state index in [0.29, 0.717) is 23.0 Å². The molecular weight excluding hydrogens is 320 g/mol. The normalized spacial score (nSPS) is 13.4. The molecule has 2 heteroatoms. The smallest absolute Gasteiger partial charge is 0.156 e. The predicted octanol–water partition coefficient (Wildman–Crippen LogP) is 6.52. The van der Waals surface area contributed by atoms with Crippen molar-refractivity contribution in [2.75, 3.05) is 0 Å². The molecule has 0 radical (unpaired) electrons. The van der Waals surface area contributed by atoms with Crippen molar-refractivity contribution in [2.45, 2.75) is 71.5 Å². The second kappa shape index (κ2) is 9.78. The summed E-state index contributed by atoms with van der Waals surface area (Å²) in [6.07, 6.45) is 4.07. The molecule has 136 valence electrons. The fourth-order valence-electron chi connectivity index (χ4n) is 3.86. The Bertz CT molecular complexity index is 607. The maximum Gasteiger partial charge on any atom is 0.156 e. The quantitative estimate of drug-likeness (QED) is 0.309. The van der Waals surface area contributed by atoms with Gasteiger partial charge in [0.1, 0.15) is 8.07 Å². The van der Waals surface area contributed by atoms with Crippen molar-refractivity contribution in [3.63, 3.8) is 0 Å². The first kappa shape index (κ1) is 21.4. The van der Waals surface area contributed by atoms with Gasteiger partial charge in [-0.15, -0.1) is 11.5 Å².